The maximum atomic E-state index is 13.5. The Bertz CT molecular complexity index is 2480. The number of rotatable bonds is 25. The van der Waals surface area contributed by atoms with Gasteiger partial charge in [-0.05, 0) is 101 Å². The molecular weight excluding hydrogens is 877 g/mol. The Labute approximate surface area is 359 Å². The molecule has 2 aromatic rings. The number of anilines is 1. The lowest BCUT2D eigenvalue weighted by atomic mass is 9.75. The molecule has 4 rings (SSSR count). The van der Waals surface area contributed by atoms with Gasteiger partial charge in [-0.15, -0.1) is 0 Å². The maximum Gasteiger partial charge on any atom is 0.303 e. The molecule has 0 aliphatic carbocycles. The van der Waals surface area contributed by atoms with Gasteiger partial charge in [0.1, 0.15) is 6.54 Å². The van der Waals surface area contributed by atoms with Crippen LogP contribution < -0.4 is 4.90 Å². The monoisotopic (exact) mass is 933 g/mol. The van der Waals surface area contributed by atoms with Crippen LogP contribution in [0.2, 0.25) is 0 Å². The van der Waals surface area contributed by atoms with Crippen LogP contribution in [0.1, 0.15) is 82.8 Å². The zero-order chi connectivity index (χ0) is 45.4. The van der Waals surface area contributed by atoms with E-state index in [0.29, 0.717) is 66.3 Å². The van der Waals surface area contributed by atoms with Crippen LogP contribution in [0.25, 0.3) is 0 Å². The molecule has 2 aromatic carbocycles. The van der Waals surface area contributed by atoms with Crippen molar-refractivity contribution < 1.29 is 71.3 Å². The summed E-state index contributed by atoms with van der Waals surface area (Å²) >= 11 is 0. The first-order valence-electron chi connectivity index (χ1n) is 19.8. The number of nitrogens with zero attached hydrogens (tertiary/aromatic N) is 2. The first-order chi connectivity index (χ1) is 28.4. The van der Waals surface area contributed by atoms with Crippen LogP contribution in [-0.2, 0) is 65.3 Å². The quantitative estimate of drug-likeness (QED) is 0.0584. The summed E-state index contributed by atoms with van der Waals surface area (Å²) in [6, 6.07) is 8.96. The Morgan fingerprint density at radius 3 is 1.93 bits per heavy atom. The van der Waals surface area contributed by atoms with Crippen molar-refractivity contribution in [2.45, 2.75) is 92.3 Å². The number of hydrogen-bond acceptors (Lipinski definition) is 12. The number of carbonyl (C=O) groups is 1. The van der Waals surface area contributed by atoms with E-state index >= 15 is 0 Å². The minimum absolute atomic E-state index is 0.0169. The first kappa shape index (κ1) is 50.1. The van der Waals surface area contributed by atoms with E-state index in [-0.39, 0.29) is 67.3 Å². The SMILES string of the molecule is COCCCS(=O)(=O)c1ccc2c(c1)C(C)(CCCS(=O)(=O)O)/C(=C\C=C\C1=[N+](CCCCCC(=O)O)c3ccc(S(=O)(=O)O)cc3C1(C)CCCS(=O)(=O)O)N2CCOC. The smallest absolute Gasteiger partial charge is 0.303 e. The molecule has 0 aromatic heterocycles. The highest BCUT2D eigenvalue weighted by Crippen LogP contribution is 2.51. The van der Waals surface area contributed by atoms with Crippen molar-refractivity contribution in [2.75, 3.05) is 62.7 Å². The Kier molecular flexibility index (Phi) is 16.7. The van der Waals surface area contributed by atoms with E-state index in [1.54, 1.807) is 43.4 Å². The zero-order valence-corrected chi connectivity index (χ0v) is 38.1. The summed E-state index contributed by atoms with van der Waals surface area (Å²) < 4.78 is 141. The number of unbranched alkanes of at least 4 members (excludes halogenated alkanes) is 2. The predicted octanol–water partition coefficient (Wildman–Crippen LogP) is 4.95. The third-order valence-corrected chi connectivity index (χ3v) is 15.6. The van der Waals surface area contributed by atoms with Gasteiger partial charge in [0.25, 0.3) is 30.4 Å². The van der Waals surface area contributed by atoms with Crippen molar-refractivity contribution in [1.82, 2.24) is 0 Å². The van der Waals surface area contributed by atoms with E-state index in [9.17, 15) is 57.2 Å². The Morgan fingerprint density at radius 2 is 1.34 bits per heavy atom. The highest BCUT2D eigenvalue weighted by molar-refractivity contribution is 7.91. The summed E-state index contributed by atoms with van der Waals surface area (Å²) in [6.45, 7) is 4.82. The molecule has 21 heteroatoms. The van der Waals surface area contributed by atoms with Crippen molar-refractivity contribution in [2.24, 2.45) is 0 Å². The van der Waals surface area contributed by atoms with Gasteiger partial charge in [0.15, 0.2) is 15.5 Å². The molecule has 2 unspecified atom stereocenters. The van der Waals surface area contributed by atoms with Crippen molar-refractivity contribution in [3.05, 3.63) is 71.5 Å². The number of hydrogen-bond donors (Lipinski definition) is 4. The number of carboxylic acids is 1. The third-order valence-electron chi connectivity index (χ3n) is 11.3. The van der Waals surface area contributed by atoms with E-state index in [1.165, 1.54) is 32.4 Å². The molecule has 0 radical (unpaired) electrons. The molecule has 0 saturated carbocycles. The summed E-state index contributed by atoms with van der Waals surface area (Å²) in [7, 11) is -14.1. The number of carboxylic acid groups (broad SMARTS) is 1. The van der Waals surface area contributed by atoms with Gasteiger partial charge < -0.3 is 19.5 Å². The van der Waals surface area contributed by atoms with Gasteiger partial charge in [-0.3, -0.25) is 18.5 Å². The second kappa shape index (κ2) is 20.3. The molecule has 340 valence electrons. The summed E-state index contributed by atoms with van der Waals surface area (Å²) in [6.07, 6.45) is 7.32. The fourth-order valence-corrected chi connectivity index (χ4v) is 11.1. The lowest BCUT2D eigenvalue weighted by Crippen LogP contribution is -2.32. The number of aliphatic carboxylic acids is 1. The van der Waals surface area contributed by atoms with E-state index < -0.39 is 68.5 Å². The molecule has 61 heavy (non-hydrogen) atoms. The maximum absolute atomic E-state index is 13.5. The second-order valence-corrected chi connectivity index (χ2v) is 22.4. The molecule has 0 bridgehead atoms. The average Bonchev–Trinajstić information content (AvgIpc) is 3.52. The minimum atomic E-state index is -4.66. The molecular formula is C40H57N2O15S4+. The fraction of sp³-hybridized carbons (Fsp3) is 0.550. The lowest BCUT2D eigenvalue weighted by molar-refractivity contribution is -0.438. The molecule has 0 saturated heterocycles. The Morgan fingerprint density at radius 1 is 0.738 bits per heavy atom. The summed E-state index contributed by atoms with van der Waals surface area (Å²) in [5, 5.41) is 9.18. The first-order valence-corrected chi connectivity index (χ1v) is 26.1. The van der Waals surface area contributed by atoms with Gasteiger partial charge in [0.2, 0.25) is 5.69 Å². The van der Waals surface area contributed by atoms with Crippen LogP contribution in [0.3, 0.4) is 0 Å². The van der Waals surface area contributed by atoms with Crippen LogP contribution in [0, 0.1) is 0 Å². The van der Waals surface area contributed by atoms with Crippen molar-refractivity contribution >= 4 is 63.2 Å². The molecule has 0 spiro atoms. The molecule has 2 heterocycles. The van der Waals surface area contributed by atoms with E-state index in [2.05, 4.69) is 0 Å². The van der Waals surface area contributed by atoms with Gasteiger partial charge in [-0.25, -0.2) is 8.42 Å². The van der Waals surface area contributed by atoms with Crippen LogP contribution in [0.4, 0.5) is 11.4 Å². The summed E-state index contributed by atoms with van der Waals surface area (Å²) in [5.74, 6) is -2.22. The fourth-order valence-electron chi connectivity index (χ4n) is 8.29. The van der Waals surface area contributed by atoms with E-state index in [4.69, 9.17) is 9.47 Å². The van der Waals surface area contributed by atoms with Crippen molar-refractivity contribution in [1.29, 1.82) is 0 Å². The Balaban J connectivity index is 1.93. The van der Waals surface area contributed by atoms with Gasteiger partial charge in [0, 0.05) is 74.7 Å². The van der Waals surface area contributed by atoms with E-state index in [1.807, 2.05) is 16.4 Å². The largest absolute Gasteiger partial charge is 0.481 e. The molecule has 2 aliphatic heterocycles. The zero-order valence-electron chi connectivity index (χ0n) is 34.8. The van der Waals surface area contributed by atoms with Gasteiger partial charge in [0.05, 0.1) is 39.1 Å². The Hall–Kier alpha value is -3.54. The van der Waals surface area contributed by atoms with Crippen LogP contribution in [0.15, 0.2) is 70.1 Å². The summed E-state index contributed by atoms with van der Waals surface area (Å²) in [4.78, 5) is 12.9. The lowest BCUT2D eigenvalue weighted by Gasteiger charge is -2.30. The second-order valence-electron chi connectivity index (χ2n) is 15.7. The molecule has 2 aliphatic rings. The van der Waals surface area contributed by atoms with Gasteiger partial charge >= 0.3 is 5.97 Å². The third kappa shape index (κ3) is 12.8. The van der Waals surface area contributed by atoms with Crippen molar-refractivity contribution in [3.63, 3.8) is 0 Å². The predicted molar refractivity (Wildman–Crippen MR) is 230 cm³/mol. The molecule has 2 atom stereocenters. The normalized spacial score (nSPS) is 20.2. The highest BCUT2D eigenvalue weighted by Gasteiger charge is 2.48. The number of ether oxygens (including phenoxy) is 2. The minimum Gasteiger partial charge on any atom is -0.481 e. The number of allylic oxidation sites excluding steroid dienone is 4. The molecule has 0 amide bonds. The standard InChI is InChI=1S/C40H56N2O15S4/c1-39(19-9-26-59(47,48)49)32-28-30(58(45,46)25-11-23-56-3)15-17-35(32)42(22-24-57-4)37(39)13-8-12-36-40(2,20-10-27-60(50,51)52)33-29-31(61(53,54)55)16-18-34(33)41(36)21-7-5-6-14-38(43)44/h8,12-13,15-18,28-29H,5-7,9-11,14,19-27H2,1-4H3,(H3-,43,44,47,48,49,50,51,52,53,54,55)/p+1. The van der Waals surface area contributed by atoms with Crippen LogP contribution in [-0.4, -0.2) is 126 Å². The van der Waals surface area contributed by atoms with Crippen molar-refractivity contribution in [3.8, 4) is 0 Å². The number of sulfone groups is 1. The highest BCUT2D eigenvalue weighted by atomic mass is 32.2. The van der Waals surface area contributed by atoms with Gasteiger partial charge in [-0.2, -0.15) is 29.8 Å². The van der Waals surface area contributed by atoms with Crippen LogP contribution >= 0.6 is 0 Å². The molecule has 0 fully saturated rings. The van der Waals surface area contributed by atoms with E-state index in [0.717, 1.165) is 0 Å². The average molecular weight is 934 g/mol. The number of methoxy groups -OCH3 is 2. The topological polar surface area (TPSA) is 259 Å². The number of benzene rings is 2. The molecule has 4 N–H and O–H groups in total. The number of fused-ring (bicyclic) bond motifs is 2. The van der Waals surface area contributed by atoms with Crippen LogP contribution in [0.5, 0.6) is 0 Å². The van der Waals surface area contributed by atoms with Gasteiger partial charge in [-0.1, -0.05) is 6.08 Å². The summed E-state index contributed by atoms with van der Waals surface area (Å²) in [5.41, 5.74) is 1.50. The molecule has 17 nitrogen and oxygen atoms in total.